The lowest BCUT2D eigenvalue weighted by Gasteiger charge is -2.30. The summed E-state index contributed by atoms with van der Waals surface area (Å²) < 4.78 is 29.5. The Morgan fingerprint density at radius 2 is 1.66 bits per heavy atom. The Morgan fingerprint density at radius 3 is 2.19 bits per heavy atom. The van der Waals surface area contributed by atoms with Crippen LogP contribution in [0.1, 0.15) is 24.6 Å². The van der Waals surface area contributed by atoms with Crippen molar-refractivity contribution in [2.24, 2.45) is 7.05 Å². The molecule has 3 rings (SSSR count). The van der Waals surface area contributed by atoms with Gasteiger partial charge in [-0.05, 0) is 44.5 Å². The highest BCUT2D eigenvalue weighted by Gasteiger charge is 2.32. The van der Waals surface area contributed by atoms with Crippen molar-refractivity contribution in [3.05, 3.63) is 76.2 Å². The highest BCUT2D eigenvalue weighted by molar-refractivity contribution is 7.92. The molecule has 1 aromatic heterocycles. The Kier molecular flexibility index (Phi) is 6.59. The first kappa shape index (κ1) is 23.3. The number of carbonyl (C=O) groups excluding carboxylic acids is 1. The van der Waals surface area contributed by atoms with Crippen LogP contribution in [0.15, 0.2) is 59.4 Å². The van der Waals surface area contributed by atoms with E-state index in [0.29, 0.717) is 17.1 Å². The first-order valence-corrected chi connectivity index (χ1v) is 12.1. The molecule has 0 aliphatic carbocycles. The predicted octanol–water partition coefficient (Wildman–Crippen LogP) is 2.98. The average molecular weight is 457 g/mol. The standard InChI is InChI=1S/C23H28N4O4S/c1-6-20(27(32(5,30)31)19-14-12-16(2)13-15-19)22(28)24-21-17(3)25(4)26(23(21)29)18-10-8-7-9-11-18/h7-15,20H,6H2,1-5H3,(H,24,28)/t20-/m0/s1. The molecule has 0 saturated heterocycles. The van der Waals surface area contributed by atoms with E-state index in [1.54, 1.807) is 62.0 Å². The number of hydrogen-bond donors (Lipinski definition) is 1. The molecular formula is C23H28N4O4S. The van der Waals surface area contributed by atoms with Gasteiger partial charge in [-0.2, -0.15) is 0 Å². The van der Waals surface area contributed by atoms with Crippen molar-refractivity contribution in [3.63, 3.8) is 0 Å². The van der Waals surface area contributed by atoms with Crippen LogP contribution in [0.2, 0.25) is 0 Å². The number of amides is 1. The van der Waals surface area contributed by atoms with Gasteiger partial charge in [0.25, 0.3) is 5.56 Å². The number of aryl methyl sites for hydroxylation is 1. The van der Waals surface area contributed by atoms with Gasteiger partial charge < -0.3 is 5.32 Å². The topological polar surface area (TPSA) is 93.4 Å². The second kappa shape index (κ2) is 9.04. The molecule has 2 aromatic carbocycles. The van der Waals surface area contributed by atoms with Crippen molar-refractivity contribution >= 4 is 27.3 Å². The van der Waals surface area contributed by atoms with Gasteiger partial charge in [0.05, 0.1) is 23.3 Å². The van der Waals surface area contributed by atoms with Crippen LogP contribution in [0.4, 0.5) is 11.4 Å². The van der Waals surface area contributed by atoms with E-state index in [9.17, 15) is 18.0 Å². The number of carbonyl (C=O) groups is 1. The largest absolute Gasteiger partial charge is 0.318 e. The molecule has 0 radical (unpaired) electrons. The van der Waals surface area contributed by atoms with Crippen molar-refractivity contribution in [1.82, 2.24) is 9.36 Å². The van der Waals surface area contributed by atoms with E-state index < -0.39 is 22.0 Å². The number of nitrogens with one attached hydrogen (secondary N) is 1. The molecule has 0 unspecified atom stereocenters. The van der Waals surface area contributed by atoms with Crippen molar-refractivity contribution in [3.8, 4) is 5.69 Å². The second-order valence-electron chi connectivity index (χ2n) is 7.74. The number of anilines is 2. The van der Waals surface area contributed by atoms with Crippen LogP contribution in [0.3, 0.4) is 0 Å². The Bertz CT molecular complexity index is 1280. The number of hydrogen-bond acceptors (Lipinski definition) is 4. The number of para-hydroxylation sites is 1. The molecule has 0 fully saturated rings. The maximum absolute atomic E-state index is 13.3. The van der Waals surface area contributed by atoms with Crippen molar-refractivity contribution in [2.45, 2.75) is 33.2 Å². The number of nitrogens with zero attached hydrogens (tertiary/aromatic N) is 3. The molecule has 1 N–H and O–H groups in total. The normalized spacial score (nSPS) is 12.4. The maximum Gasteiger partial charge on any atom is 0.295 e. The van der Waals surface area contributed by atoms with Gasteiger partial charge in [-0.1, -0.05) is 42.8 Å². The molecule has 32 heavy (non-hydrogen) atoms. The molecule has 170 valence electrons. The summed E-state index contributed by atoms with van der Waals surface area (Å²) in [7, 11) is -2.03. The number of sulfonamides is 1. The van der Waals surface area contributed by atoms with Gasteiger partial charge in [0.2, 0.25) is 15.9 Å². The lowest BCUT2D eigenvalue weighted by atomic mass is 10.1. The van der Waals surface area contributed by atoms with Crippen LogP contribution < -0.4 is 15.2 Å². The third-order valence-corrected chi connectivity index (χ3v) is 6.60. The molecule has 0 saturated carbocycles. The van der Waals surface area contributed by atoms with Crippen LogP contribution >= 0.6 is 0 Å². The molecule has 1 atom stereocenters. The van der Waals surface area contributed by atoms with E-state index in [1.165, 1.54) is 4.68 Å². The molecule has 3 aromatic rings. The molecule has 1 heterocycles. The number of rotatable bonds is 7. The SMILES string of the molecule is CC[C@@H](C(=O)Nc1c(C)n(C)n(-c2ccccc2)c1=O)N(c1ccc(C)cc1)S(C)(=O)=O. The Balaban J connectivity index is 2.01. The summed E-state index contributed by atoms with van der Waals surface area (Å²) in [4.78, 5) is 26.4. The minimum atomic E-state index is -3.76. The molecule has 0 bridgehead atoms. The highest BCUT2D eigenvalue weighted by Crippen LogP contribution is 2.24. The zero-order chi connectivity index (χ0) is 23.6. The van der Waals surface area contributed by atoms with Crippen LogP contribution in [-0.4, -0.2) is 36.0 Å². The molecule has 0 aliphatic rings. The summed E-state index contributed by atoms with van der Waals surface area (Å²) in [5, 5.41) is 2.69. The quantitative estimate of drug-likeness (QED) is 0.592. The third-order valence-electron chi connectivity index (χ3n) is 5.42. The van der Waals surface area contributed by atoms with Gasteiger partial charge in [0.15, 0.2) is 0 Å². The van der Waals surface area contributed by atoms with Crippen LogP contribution in [0.5, 0.6) is 0 Å². The number of aromatic nitrogens is 2. The third kappa shape index (κ3) is 4.47. The van der Waals surface area contributed by atoms with Gasteiger partial charge in [-0.15, -0.1) is 0 Å². The molecular weight excluding hydrogens is 428 g/mol. The summed E-state index contributed by atoms with van der Waals surface area (Å²) in [6, 6.07) is 15.0. The summed E-state index contributed by atoms with van der Waals surface area (Å²) in [6.45, 7) is 5.36. The van der Waals surface area contributed by atoms with Gasteiger partial charge in [0.1, 0.15) is 11.7 Å². The van der Waals surface area contributed by atoms with E-state index in [0.717, 1.165) is 16.1 Å². The first-order chi connectivity index (χ1) is 15.1. The van der Waals surface area contributed by atoms with E-state index in [2.05, 4.69) is 5.32 Å². The highest BCUT2D eigenvalue weighted by atomic mass is 32.2. The summed E-state index contributed by atoms with van der Waals surface area (Å²) in [5.41, 5.74) is 2.32. The monoisotopic (exact) mass is 456 g/mol. The van der Waals surface area contributed by atoms with E-state index in [4.69, 9.17) is 0 Å². The minimum absolute atomic E-state index is 0.122. The molecule has 8 nitrogen and oxygen atoms in total. The van der Waals surface area contributed by atoms with E-state index in [1.807, 2.05) is 25.1 Å². The van der Waals surface area contributed by atoms with Crippen LogP contribution in [0.25, 0.3) is 5.69 Å². The van der Waals surface area contributed by atoms with Crippen molar-refractivity contribution in [1.29, 1.82) is 0 Å². The Hall–Kier alpha value is -3.33. The fraction of sp³-hybridized carbons (Fsp3) is 0.304. The van der Waals surface area contributed by atoms with Crippen molar-refractivity contribution < 1.29 is 13.2 Å². The Morgan fingerprint density at radius 1 is 1.06 bits per heavy atom. The molecule has 9 heteroatoms. The zero-order valence-electron chi connectivity index (χ0n) is 18.9. The molecule has 1 amide bonds. The van der Waals surface area contributed by atoms with Gasteiger partial charge in [0, 0.05) is 7.05 Å². The molecule has 0 aliphatic heterocycles. The van der Waals surface area contributed by atoms with Gasteiger partial charge in [-0.3, -0.25) is 18.6 Å². The molecule has 0 spiro atoms. The van der Waals surface area contributed by atoms with Crippen LogP contribution in [0, 0.1) is 13.8 Å². The van der Waals surface area contributed by atoms with Gasteiger partial charge in [-0.25, -0.2) is 13.1 Å². The van der Waals surface area contributed by atoms with Crippen LogP contribution in [-0.2, 0) is 21.9 Å². The summed E-state index contributed by atoms with van der Waals surface area (Å²) >= 11 is 0. The van der Waals surface area contributed by atoms with E-state index in [-0.39, 0.29) is 17.7 Å². The summed E-state index contributed by atoms with van der Waals surface area (Å²) in [6.07, 6.45) is 1.30. The fourth-order valence-electron chi connectivity index (χ4n) is 3.67. The van der Waals surface area contributed by atoms with Gasteiger partial charge >= 0.3 is 0 Å². The van der Waals surface area contributed by atoms with Crippen molar-refractivity contribution in [2.75, 3.05) is 15.9 Å². The summed E-state index contributed by atoms with van der Waals surface area (Å²) in [5.74, 6) is -0.565. The fourth-order valence-corrected chi connectivity index (χ4v) is 4.88. The maximum atomic E-state index is 13.3. The lowest BCUT2D eigenvalue weighted by Crippen LogP contribution is -2.47. The minimum Gasteiger partial charge on any atom is -0.318 e. The number of benzene rings is 2. The first-order valence-electron chi connectivity index (χ1n) is 10.3. The smallest absolute Gasteiger partial charge is 0.295 e. The zero-order valence-corrected chi connectivity index (χ0v) is 19.7. The lowest BCUT2D eigenvalue weighted by molar-refractivity contribution is -0.117. The Labute approximate surface area is 188 Å². The second-order valence-corrected chi connectivity index (χ2v) is 9.60. The average Bonchev–Trinajstić information content (AvgIpc) is 2.95. The predicted molar refractivity (Wildman–Crippen MR) is 127 cm³/mol. The van der Waals surface area contributed by atoms with E-state index >= 15 is 0 Å².